The van der Waals surface area contributed by atoms with Gasteiger partial charge in [-0.2, -0.15) is 4.31 Å². The molecule has 0 radical (unpaired) electrons. The fourth-order valence-electron chi connectivity index (χ4n) is 1.79. The zero-order valence-corrected chi connectivity index (χ0v) is 12.4. The van der Waals surface area contributed by atoms with Gasteiger partial charge in [-0.15, -0.1) is 0 Å². The first-order valence-electron chi connectivity index (χ1n) is 6.43. The number of likely N-dealkylation sites (N-methyl/N-ethyl adjacent to an activating group) is 1. The van der Waals surface area contributed by atoms with Gasteiger partial charge in [0.1, 0.15) is 5.82 Å². The zero-order valence-electron chi connectivity index (χ0n) is 11.6. The topological polar surface area (TPSA) is 37.4 Å². The molecule has 0 aromatic heterocycles. The third-order valence-corrected chi connectivity index (χ3v) is 4.83. The second kappa shape index (κ2) is 6.65. The summed E-state index contributed by atoms with van der Waals surface area (Å²) in [6, 6.07) is 14.4. The van der Waals surface area contributed by atoms with Crippen LogP contribution in [0.2, 0.25) is 0 Å². The first kappa shape index (κ1) is 15.4. The van der Waals surface area contributed by atoms with Gasteiger partial charge in [0, 0.05) is 13.6 Å². The molecule has 2 aromatic carbocycles. The molecule has 0 spiro atoms. The van der Waals surface area contributed by atoms with Crippen LogP contribution >= 0.6 is 0 Å². The predicted molar refractivity (Wildman–Crippen MR) is 81.7 cm³/mol. The monoisotopic (exact) mass is 305 g/mol. The normalized spacial score (nSPS) is 12.1. The highest BCUT2D eigenvalue weighted by atomic mass is 32.2. The van der Waals surface area contributed by atoms with Crippen LogP contribution in [0.3, 0.4) is 0 Å². The maximum absolute atomic E-state index is 12.8. The lowest BCUT2D eigenvalue weighted by Crippen LogP contribution is -2.27. The SMILES string of the molecule is CN(CC=Cc1ccccc1)S(=O)(=O)c1ccc(F)cc1. The molecule has 0 aliphatic carbocycles. The third-order valence-electron chi connectivity index (χ3n) is 2.99. The van der Waals surface area contributed by atoms with Crippen LogP contribution in [0.25, 0.3) is 6.08 Å². The average molecular weight is 305 g/mol. The van der Waals surface area contributed by atoms with E-state index in [1.54, 1.807) is 6.08 Å². The summed E-state index contributed by atoms with van der Waals surface area (Å²) in [7, 11) is -2.10. The number of hydrogen-bond donors (Lipinski definition) is 0. The molecule has 0 amide bonds. The van der Waals surface area contributed by atoms with Crippen LogP contribution in [0.1, 0.15) is 5.56 Å². The summed E-state index contributed by atoms with van der Waals surface area (Å²) < 4.78 is 38.6. The molecule has 0 bridgehead atoms. The van der Waals surface area contributed by atoms with E-state index in [4.69, 9.17) is 0 Å². The summed E-state index contributed by atoms with van der Waals surface area (Å²) in [6.07, 6.45) is 3.63. The average Bonchev–Trinajstić information content (AvgIpc) is 2.48. The Morgan fingerprint density at radius 3 is 2.29 bits per heavy atom. The van der Waals surface area contributed by atoms with Crippen LogP contribution in [0.15, 0.2) is 65.6 Å². The van der Waals surface area contributed by atoms with Crippen molar-refractivity contribution in [3.8, 4) is 0 Å². The van der Waals surface area contributed by atoms with Crippen molar-refractivity contribution in [1.29, 1.82) is 0 Å². The molecule has 5 heteroatoms. The molecule has 2 rings (SSSR count). The molecular formula is C16H16FNO2S. The van der Waals surface area contributed by atoms with Gasteiger partial charge in [0.25, 0.3) is 0 Å². The Labute approximate surface area is 124 Å². The van der Waals surface area contributed by atoms with E-state index in [1.807, 2.05) is 36.4 Å². The van der Waals surface area contributed by atoms with Crippen molar-refractivity contribution in [1.82, 2.24) is 4.31 Å². The Bertz CT molecular complexity index is 710. The summed E-state index contributed by atoms with van der Waals surface area (Å²) in [5.74, 6) is -0.458. The van der Waals surface area contributed by atoms with Gasteiger partial charge in [0.15, 0.2) is 0 Å². The van der Waals surface area contributed by atoms with Gasteiger partial charge >= 0.3 is 0 Å². The van der Waals surface area contributed by atoms with Crippen molar-refractivity contribution in [2.24, 2.45) is 0 Å². The molecule has 3 nitrogen and oxygen atoms in total. The number of sulfonamides is 1. The summed E-state index contributed by atoms with van der Waals surface area (Å²) in [6.45, 7) is 0.245. The maximum atomic E-state index is 12.8. The van der Waals surface area contributed by atoms with Crippen molar-refractivity contribution < 1.29 is 12.8 Å². The molecule has 0 fully saturated rings. The highest BCUT2D eigenvalue weighted by Crippen LogP contribution is 2.14. The maximum Gasteiger partial charge on any atom is 0.243 e. The number of nitrogens with zero attached hydrogens (tertiary/aromatic N) is 1. The molecule has 0 N–H and O–H groups in total. The Morgan fingerprint density at radius 2 is 1.67 bits per heavy atom. The summed E-state index contributed by atoms with van der Waals surface area (Å²) in [4.78, 5) is 0.0829. The van der Waals surface area contributed by atoms with Crippen molar-refractivity contribution in [2.75, 3.05) is 13.6 Å². The molecule has 0 aliphatic heterocycles. The number of rotatable bonds is 5. The first-order chi connectivity index (χ1) is 10.00. The van der Waals surface area contributed by atoms with Crippen molar-refractivity contribution in [2.45, 2.75) is 4.90 Å². The van der Waals surface area contributed by atoms with Crippen molar-refractivity contribution in [3.05, 3.63) is 72.1 Å². The molecule has 0 heterocycles. The predicted octanol–water partition coefficient (Wildman–Crippen LogP) is 3.16. The highest BCUT2D eigenvalue weighted by Gasteiger charge is 2.19. The van der Waals surface area contributed by atoms with Gasteiger partial charge in [0.2, 0.25) is 10.0 Å². The van der Waals surface area contributed by atoms with Crippen LogP contribution in [-0.2, 0) is 10.0 Å². The van der Waals surface area contributed by atoms with E-state index >= 15 is 0 Å². The van der Waals surface area contributed by atoms with Crippen LogP contribution < -0.4 is 0 Å². The fraction of sp³-hybridized carbons (Fsp3) is 0.125. The van der Waals surface area contributed by atoms with Crippen molar-refractivity contribution >= 4 is 16.1 Å². The van der Waals surface area contributed by atoms with Gasteiger partial charge < -0.3 is 0 Å². The van der Waals surface area contributed by atoms with Gasteiger partial charge in [-0.1, -0.05) is 42.5 Å². The Morgan fingerprint density at radius 1 is 1.05 bits per heavy atom. The third kappa shape index (κ3) is 4.00. The van der Waals surface area contributed by atoms with E-state index in [0.717, 1.165) is 17.7 Å². The lowest BCUT2D eigenvalue weighted by Gasteiger charge is -2.15. The molecule has 0 saturated heterocycles. The van der Waals surface area contributed by atoms with Gasteiger partial charge in [-0.3, -0.25) is 0 Å². The highest BCUT2D eigenvalue weighted by molar-refractivity contribution is 7.89. The Kier molecular flexibility index (Phi) is 4.88. The van der Waals surface area contributed by atoms with Crippen molar-refractivity contribution in [3.63, 3.8) is 0 Å². The van der Waals surface area contributed by atoms with Crippen LogP contribution in [0.4, 0.5) is 4.39 Å². The first-order valence-corrected chi connectivity index (χ1v) is 7.87. The molecular weight excluding hydrogens is 289 g/mol. The molecule has 0 unspecified atom stereocenters. The Hall–Kier alpha value is -1.98. The van der Waals surface area contributed by atoms with E-state index in [-0.39, 0.29) is 11.4 Å². The molecule has 0 saturated carbocycles. The minimum absolute atomic E-state index is 0.0829. The molecule has 110 valence electrons. The second-order valence-corrected chi connectivity index (χ2v) is 6.60. The second-order valence-electron chi connectivity index (χ2n) is 4.55. The van der Waals surface area contributed by atoms with Gasteiger partial charge in [-0.05, 0) is 29.8 Å². The summed E-state index contributed by atoms with van der Waals surface area (Å²) in [5.41, 5.74) is 1.00. The zero-order chi connectivity index (χ0) is 15.3. The van der Waals surface area contributed by atoms with Crippen LogP contribution in [0.5, 0.6) is 0 Å². The van der Waals surface area contributed by atoms with E-state index in [2.05, 4.69) is 0 Å². The lowest BCUT2D eigenvalue weighted by molar-refractivity contribution is 0.499. The Balaban J connectivity index is 2.07. The molecule has 2 aromatic rings. The summed E-state index contributed by atoms with van der Waals surface area (Å²) in [5, 5.41) is 0. The lowest BCUT2D eigenvalue weighted by atomic mass is 10.2. The van der Waals surface area contributed by atoms with E-state index in [1.165, 1.54) is 23.5 Å². The minimum atomic E-state index is -3.59. The van der Waals surface area contributed by atoms with E-state index in [0.29, 0.717) is 0 Å². The number of benzene rings is 2. The van der Waals surface area contributed by atoms with Crippen LogP contribution in [0, 0.1) is 5.82 Å². The minimum Gasteiger partial charge on any atom is -0.207 e. The van der Waals surface area contributed by atoms with E-state index < -0.39 is 15.8 Å². The number of hydrogen-bond acceptors (Lipinski definition) is 2. The smallest absolute Gasteiger partial charge is 0.207 e. The quantitative estimate of drug-likeness (QED) is 0.851. The molecule has 0 aliphatic rings. The number of halogens is 1. The standard InChI is InChI=1S/C16H16FNO2S/c1-18(13-5-8-14-6-3-2-4-7-14)21(19,20)16-11-9-15(17)10-12-16/h2-12H,13H2,1H3. The summed E-state index contributed by atoms with van der Waals surface area (Å²) >= 11 is 0. The molecule has 21 heavy (non-hydrogen) atoms. The van der Waals surface area contributed by atoms with Gasteiger partial charge in [-0.25, -0.2) is 12.8 Å². The van der Waals surface area contributed by atoms with Crippen LogP contribution in [-0.4, -0.2) is 26.3 Å². The van der Waals surface area contributed by atoms with Gasteiger partial charge in [0.05, 0.1) is 4.90 Å². The largest absolute Gasteiger partial charge is 0.243 e. The fourth-order valence-corrected chi connectivity index (χ4v) is 2.91. The van der Waals surface area contributed by atoms with E-state index in [9.17, 15) is 12.8 Å². The molecule has 0 atom stereocenters.